The van der Waals surface area contributed by atoms with Gasteiger partial charge in [0.25, 0.3) is 0 Å². The van der Waals surface area contributed by atoms with Crippen LogP contribution in [0.1, 0.15) is 32.3 Å². The molecule has 0 spiro atoms. The number of nitrogens with zero attached hydrogens (tertiary/aromatic N) is 1. The SMILES string of the molecule is CCOC(=O)CN(Cc1ccccc1)C(=O)[C@H]1CCN[C@@H](C)C1.Cl. The van der Waals surface area contributed by atoms with Gasteiger partial charge < -0.3 is 15.0 Å². The van der Waals surface area contributed by atoms with Crippen LogP contribution in [0.4, 0.5) is 0 Å². The number of hydrogen-bond donors (Lipinski definition) is 1. The molecule has 24 heavy (non-hydrogen) atoms. The first kappa shape index (κ1) is 20.5. The van der Waals surface area contributed by atoms with E-state index in [9.17, 15) is 9.59 Å². The average molecular weight is 355 g/mol. The minimum atomic E-state index is -0.348. The Morgan fingerprint density at radius 1 is 1.29 bits per heavy atom. The molecule has 1 aliphatic heterocycles. The van der Waals surface area contributed by atoms with E-state index in [2.05, 4.69) is 12.2 Å². The maximum Gasteiger partial charge on any atom is 0.325 e. The van der Waals surface area contributed by atoms with E-state index >= 15 is 0 Å². The minimum absolute atomic E-state index is 0. The molecule has 6 heteroatoms. The number of benzene rings is 1. The molecule has 1 N–H and O–H groups in total. The van der Waals surface area contributed by atoms with Gasteiger partial charge in [-0.15, -0.1) is 12.4 Å². The number of nitrogens with one attached hydrogen (secondary N) is 1. The summed E-state index contributed by atoms with van der Waals surface area (Å²) in [6.07, 6.45) is 1.63. The van der Waals surface area contributed by atoms with E-state index in [1.54, 1.807) is 11.8 Å². The maximum atomic E-state index is 12.9. The van der Waals surface area contributed by atoms with Crippen LogP contribution in [0.15, 0.2) is 30.3 Å². The molecule has 0 aromatic heterocycles. The quantitative estimate of drug-likeness (QED) is 0.797. The summed E-state index contributed by atoms with van der Waals surface area (Å²) in [7, 11) is 0. The van der Waals surface area contributed by atoms with Crippen molar-refractivity contribution in [3.05, 3.63) is 35.9 Å². The van der Waals surface area contributed by atoms with Crippen LogP contribution in [-0.2, 0) is 20.9 Å². The number of esters is 1. The number of rotatable bonds is 6. The monoisotopic (exact) mass is 354 g/mol. The van der Waals surface area contributed by atoms with Crippen LogP contribution in [0.25, 0.3) is 0 Å². The van der Waals surface area contributed by atoms with Crippen molar-refractivity contribution in [2.24, 2.45) is 5.92 Å². The molecular formula is C18H27ClN2O3. The fourth-order valence-electron chi connectivity index (χ4n) is 2.99. The zero-order chi connectivity index (χ0) is 16.7. The molecular weight excluding hydrogens is 328 g/mol. The molecule has 1 aromatic rings. The number of carbonyl (C=O) groups is 2. The molecule has 1 heterocycles. The van der Waals surface area contributed by atoms with E-state index in [1.165, 1.54) is 0 Å². The van der Waals surface area contributed by atoms with E-state index in [4.69, 9.17) is 4.74 Å². The molecule has 1 aliphatic rings. The molecule has 5 nitrogen and oxygen atoms in total. The molecule has 0 saturated carbocycles. The second kappa shape index (κ2) is 10.3. The molecule has 1 aromatic carbocycles. The van der Waals surface area contributed by atoms with E-state index < -0.39 is 0 Å². The lowest BCUT2D eigenvalue weighted by Crippen LogP contribution is -2.45. The van der Waals surface area contributed by atoms with Gasteiger partial charge in [0, 0.05) is 18.5 Å². The molecule has 2 atom stereocenters. The first-order valence-corrected chi connectivity index (χ1v) is 8.32. The second-order valence-electron chi connectivity index (χ2n) is 6.06. The Bertz CT molecular complexity index is 524. The van der Waals surface area contributed by atoms with Gasteiger partial charge in [0.05, 0.1) is 6.61 Å². The highest BCUT2D eigenvalue weighted by Crippen LogP contribution is 2.20. The number of amides is 1. The molecule has 2 rings (SSSR count). The Kier molecular flexibility index (Phi) is 8.79. The maximum absolute atomic E-state index is 12.9. The highest BCUT2D eigenvalue weighted by Gasteiger charge is 2.29. The lowest BCUT2D eigenvalue weighted by Gasteiger charge is -2.31. The number of ether oxygens (including phenoxy) is 1. The second-order valence-corrected chi connectivity index (χ2v) is 6.06. The van der Waals surface area contributed by atoms with Crippen molar-refractivity contribution < 1.29 is 14.3 Å². The lowest BCUT2D eigenvalue weighted by molar-refractivity contribution is -0.151. The standard InChI is InChI=1S/C18H26N2O3.ClH/c1-3-23-17(21)13-20(12-15-7-5-4-6-8-15)18(22)16-9-10-19-14(2)11-16;/h4-8,14,16,19H,3,9-13H2,1-2H3;1H/t14-,16-;/m0./s1. The predicted octanol–water partition coefficient (Wildman–Crippen LogP) is 2.39. The third-order valence-corrected chi connectivity index (χ3v) is 4.13. The van der Waals surface area contributed by atoms with Crippen molar-refractivity contribution >= 4 is 24.3 Å². The molecule has 1 fully saturated rings. The fourth-order valence-corrected chi connectivity index (χ4v) is 2.99. The van der Waals surface area contributed by atoms with Gasteiger partial charge in [0.2, 0.25) is 5.91 Å². The van der Waals surface area contributed by atoms with Gasteiger partial charge in [-0.25, -0.2) is 0 Å². The highest BCUT2D eigenvalue weighted by atomic mass is 35.5. The van der Waals surface area contributed by atoms with Crippen LogP contribution in [-0.4, -0.2) is 42.5 Å². The topological polar surface area (TPSA) is 58.6 Å². The first-order valence-electron chi connectivity index (χ1n) is 8.32. The van der Waals surface area contributed by atoms with Crippen molar-refractivity contribution in [1.29, 1.82) is 0 Å². The molecule has 134 valence electrons. The van der Waals surface area contributed by atoms with Crippen LogP contribution in [0.3, 0.4) is 0 Å². The summed E-state index contributed by atoms with van der Waals surface area (Å²) in [5.41, 5.74) is 1.02. The van der Waals surface area contributed by atoms with Crippen molar-refractivity contribution in [2.45, 2.75) is 39.3 Å². The molecule has 1 amide bonds. The Morgan fingerprint density at radius 2 is 2.00 bits per heavy atom. The van der Waals surface area contributed by atoms with Gasteiger partial charge in [0.1, 0.15) is 6.54 Å². The Labute approximate surface area is 150 Å². The van der Waals surface area contributed by atoms with Crippen molar-refractivity contribution in [1.82, 2.24) is 10.2 Å². The third kappa shape index (κ3) is 6.13. The molecule has 0 radical (unpaired) electrons. The van der Waals surface area contributed by atoms with Gasteiger partial charge >= 0.3 is 5.97 Å². The van der Waals surface area contributed by atoms with Crippen molar-refractivity contribution in [3.8, 4) is 0 Å². The molecule has 0 aliphatic carbocycles. The van der Waals surface area contributed by atoms with E-state index in [-0.39, 0.29) is 36.7 Å². The van der Waals surface area contributed by atoms with Crippen LogP contribution in [0.2, 0.25) is 0 Å². The molecule has 0 unspecified atom stereocenters. The lowest BCUT2D eigenvalue weighted by atomic mass is 9.92. The van der Waals surface area contributed by atoms with Crippen molar-refractivity contribution in [2.75, 3.05) is 19.7 Å². The molecule has 1 saturated heterocycles. The normalized spacial score (nSPS) is 19.9. The van der Waals surface area contributed by atoms with Gasteiger partial charge in [-0.2, -0.15) is 0 Å². The first-order chi connectivity index (χ1) is 11.1. The fraction of sp³-hybridized carbons (Fsp3) is 0.556. The summed E-state index contributed by atoms with van der Waals surface area (Å²) in [5.74, 6) is -0.321. The Hall–Kier alpha value is -1.59. The van der Waals surface area contributed by atoms with E-state index in [0.717, 1.165) is 24.9 Å². The van der Waals surface area contributed by atoms with Crippen LogP contribution in [0, 0.1) is 5.92 Å². The summed E-state index contributed by atoms with van der Waals surface area (Å²) >= 11 is 0. The van der Waals surface area contributed by atoms with Crippen LogP contribution >= 0.6 is 12.4 Å². The number of hydrogen-bond acceptors (Lipinski definition) is 4. The van der Waals surface area contributed by atoms with Gasteiger partial charge in [-0.1, -0.05) is 30.3 Å². The minimum Gasteiger partial charge on any atom is -0.465 e. The van der Waals surface area contributed by atoms with Crippen LogP contribution < -0.4 is 5.32 Å². The van der Waals surface area contributed by atoms with E-state index in [1.807, 2.05) is 30.3 Å². The predicted molar refractivity (Wildman–Crippen MR) is 95.9 cm³/mol. The summed E-state index contributed by atoms with van der Waals surface area (Å²) in [4.78, 5) is 26.4. The number of carbonyl (C=O) groups excluding carboxylic acids is 2. The number of halogens is 1. The van der Waals surface area contributed by atoms with Crippen molar-refractivity contribution in [3.63, 3.8) is 0 Å². The Morgan fingerprint density at radius 3 is 2.62 bits per heavy atom. The summed E-state index contributed by atoms with van der Waals surface area (Å²) in [5, 5.41) is 3.35. The van der Waals surface area contributed by atoms with E-state index in [0.29, 0.717) is 19.2 Å². The number of piperidine rings is 1. The summed E-state index contributed by atoms with van der Waals surface area (Å²) < 4.78 is 5.02. The zero-order valence-corrected chi connectivity index (χ0v) is 15.2. The van der Waals surface area contributed by atoms with Gasteiger partial charge in [-0.3, -0.25) is 9.59 Å². The van der Waals surface area contributed by atoms with Gasteiger partial charge in [0.15, 0.2) is 0 Å². The van der Waals surface area contributed by atoms with Crippen LogP contribution in [0.5, 0.6) is 0 Å². The zero-order valence-electron chi connectivity index (χ0n) is 14.4. The molecule has 0 bridgehead atoms. The highest BCUT2D eigenvalue weighted by molar-refractivity contribution is 5.85. The average Bonchev–Trinajstić information content (AvgIpc) is 2.55. The third-order valence-electron chi connectivity index (χ3n) is 4.13. The smallest absolute Gasteiger partial charge is 0.325 e. The summed E-state index contributed by atoms with van der Waals surface area (Å²) in [6, 6.07) is 10.1. The Balaban J connectivity index is 0.00000288. The largest absolute Gasteiger partial charge is 0.465 e. The summed E-state index contributed by atoms with van der Waals surface area (Å²) in [6.45, 7) is 5.49. The van der Waals surface area contributed by atoms with Gasteiger partial charge in [-0.05, 0) is 38.8 Å².